The average molecular weight is 389 g/mol. The van der Waals surface area contributed by atoms with E-state index in [1.165, 1.54) is 26.4 Å². The molecule has 0 aliphatic heterocycles. The lowest BCUT2D eigenvalue weighted by Gasteiger charge is -2.15. The molecular formula is C19H19NO6S. The molecule has 0 radical (unpaired) electrons. The topological polar surface area (TPSA) is 95.7 Å². The third-order valence-electron chi connectivity index (χ3n) is 3.76. The Morgan fingerprint density at radius 2 is 1.52 bits per heavy atom. The van der Waals surface area contributed by atoms with Crippen molar-refractivity contribution in [2.75, 3.05) is 20.0 Å². The van der Waals surface area contributed by atoms with Crippen molar-refractivity contribution >= 4 is 33.0 Å². The molecule has 1 atom stereocenters. The first kappa shape index (κ1) is 20.3. The van der Waals surface area contributed by atoms with Crippen molar-refractivity contribution in [3.8, 4) is 0 Å². The van der Waals surface area contributed by atoms with Crippen LogP contribution in [0.2, 0.25) is 0 Å². The zero-order chi connectivity index (χ0) is 19.8. The predicted octanol–water partition coefficient (Wildman–Crippen LogP) is 2.98. The van der Waals surface area contributed by atoms with E-state index in [0.29, 0.717) is 17.1 Å². The fraction of sp³-hybridized carbons (Fsp3) is 0.211. The molecule has 0 N–H and O–H groups in total. The van der Waals surface area contributed by atoms with Crippen LogP contribution in [0.4, 0.5) is 5.69 Å². The molecule has 2 aromatic carbocycles. The van der Waals surface area contributed by atoms with E-state index < -0.39 is 27.3 Å². The van der Waals surface area contributed by atoms with Crippen LogP contribution in [0.3, 0.4) is 0 Å². The summed E-state index contributed by atoms with van der Waals surface area (Å²) in [7, 11) is 1.43. The molecule has 0 saturated carbocycles. The molecule has 142 valence electrons. The number of aryl methyl sites for hydroxylation is 1. The van der Waals surface area contributed by atoms with Gasteiger partial charge in [-0.2, -0.15) is 0 Å². The lowest BCUT2D eigenvalue weighted by atomic mass is 10.2. The van der Waals surface area contributed by atoms with E-state index in [4.69, 9.17) is 9.47 Å². The fourth-order valence-electron chi connectivity index (χ4n) is 2.40. The number of hydrogen-bond acceptors (Lipinski definition) is 6. The van der Waals surface area contributed by atoms with Gasteiger partial charge in [-0.15, -0.1) is 10.5 Å². The smallest absolute Gasteiger partial charge is 0.351 e. The number of nitrogens with zero attached hydrogens (tertiary/aromatic N) is 1. The summed E-state index contributed by atoms with van der Waals surface area (Å²) in [6.45, 7) is 0. The molecule has 2 aromatic rings. The summed E-state index contributed by atoms with van der Waals surface area (Å²) in [4.78, 5) is 35.4. The molecule has 0 bridgehead atoms. The Balaban J connectivity index is 2.51. The molecule has 8 heteroatoms. The Bertz CT molecular complexity index is 844. The molecule has 0 aliphatic rings. The number of hydrogen-bond donors (Lipinski definition) is 0. The van der Waals surface area contributed by atoms with E-state index in [-0.39, 0.29) is 10.6 Å². The minimum atomic E-state index is -0.963. The van der Waals surface area contributed by atoms with Gasteiger partial charge in [0, 0.05) is 17.0 Å². The quantitative estimate of drug-likeness (QED) is 0.237. The van der Waals surface area contributed by atoms with Gasteiger partial charge in [0.1, 0.15) is 0 Å². The summed E-state index contributed by atoms with van der Waals surface area (Å²) < 4.78 is 9.55. The molecular weight excluding hydrogens is 370 g/mol. The summed E-state index contributed by atoms with van der Waals surface area (Å²) in [5, 5.41) is 10.9. The predicted molar refractivity (Wildman–Crippen MR) is 103 cm³/mol. The van der Waals surface area contributed by atoms with Crippen LogP contribution in [0.15, 0.2) is 59.5 Å². The summed E-state index contributed by atoms with van der Waals surface area (Å²) in [5.41, 5.74) is 0.981. The van der Waals surface area contributed by atoms with Crippen LogP contribution in [0.25, 0.3) is 0 Å². The first-order valence-electron chi connectivity index (χ1n) is 8.00. The molecule has 0 heterocycles. The van der Waals surface area contributed by atoms with Crippen LogP contribution in [0, 0.1) is 10.1 Å². The molecule has 1 unspecified atom stereocenters. The van der Waals surface area contributed by atoms with Crippen molar-refractivity contribution in [1.82, 2.24) is 0 Å². The number of carbonyl (C=O) groups excluding carboxylic acids is 2. The largest absolute Gasteiger partial charge is 0.465 e. The Labute approximate surface area is 159 Å². The van der Waals surface area contributed by atoms with Crippen molar-refractivity contribution in [3.63, 3.8) is 0 Å². The highest BCUT2D eigenvalue weighted by molar-refractivity contribution is 8.18. The van der Waals surface area contributed by atoms with E-state index in [1.54, 1.807) is 12.1 Å². The van der Waals surface area contributed by atoms with Crippen molar-refractivity contribution in [3.05, 3.63) is 70.3 Å². The minimum Gasteiger partial charge on any atom is -0.465 e. The maximum Gasteiger partial charge on any atom is 0.351 e. The normalized spacial score (nSPS) is 11.3. The van der Waals surface area contributed by atoms with E-state index in [2.05, 4.69) is 0 Å². The number of methoxy groups -OCH3 is 2. The first-order valence-corrected chi connectivity index (χ1v) is 9.40. The lowest BCUT2D eigenvalue weighted by Crippen LogP contribution is -2.27. The number of benzene rings is 2. The molecule has 0 aliphatic carbocycles. The van der Waals surface area contributed by atoms with Crippen LogP contribution in [0.1, 0.15) is 5.56 Å². The van der Waals surface area contributed by atoms with Crippen LogP contribution < -0.4 is 0 Å². The number of esters is 2. The second-order valence-corrected chi connectivity index (χ2v) is 7.46. The number of rotatable bonds is 7. The fourth-order valence-corrected chi connectivity index (χ4v) is 4.55. The maximum atomic E-state index is 12.3. The van der Waals surface area contributed by atoms with Gasteiger partial charge in [0.15, 0.2) is 4.86 Å². The van der Waals surface area contributed by atoms with E-state index in [1.807, 2.05) is 30.3 Å². The zero-order valence-corrected chi connectivity index (χ0v) is 15.7. The summed E-state index contributed by atoms with van der Waals surface area (Å²) in [6.07, 6.45) is 0.610. The van der Waals surface area contributed by atoms with Crippen molar-refractivity contribution in [1.29, 1.82) is 0 Å². The maximum absolute atomic E-state index is 12.3. The SMILES string of the molecule is COC(=O)C(C(=O)OC)=S(CCc1ccccc1)c1ccc([N+](=O)[O-])cc1. The van der Waals surface area contributed by atoms with Crippen LogP contribution in [-0.2, 0) is 25.5 Å². The van der Waals surface area contributed by atoms with Crippen LogP contribution in [0.5, 0.6) is 0 Å². The van der Waals surface area contributed by atoms with Crippen molar-refractivity contribution < 1.29 is 24.0 Å². The van der Waals surface area contributed by atoms with Gasteiger partial charge in [-0.25, -0.2) is 9.59 Å². The third-order valence-corrected chi connectivity index (χ3v) is 6.04. The van der Waals surface area contributed by atoms with Crippen LogP contribution in [-0.4, -0.2) is 41.7 Å². The molecule has 7 nitrogen and oxygen atoms in total. The highest BCUT2D eigenvalue weighted by Gasteiger charge is 2.25. The molecule has 2 rings (SSSR count). The highest BCUT2D eigenvalue weighted by Crippen LogP contribution is 2.31. The van der Waals surface area contributed by atoms with Gasteiger partial charge >= 0.3 is 11.9 Å². The Kier molecular flexibility index (Phi) is 7.25. The number of nitro groups is 1. The Hall–Kier alpha value is -3.00. The van der Waals surface area contributed by atoms with Gasteiger partial charge in [-0.3, -0.25) is 10.1 Å². The van der Waals surface area contributed by atoms with Gasteiger partial charge in [0.2, 0.25) is 0 Å². The molecule has 0 fully saturated rings. The van der Waals surface area contributed by atoms with Gasteiger partial charge in [0.05, 0.1) is 19.1 Å². The average Bonchev–Trinajstić information content (AvgIpc) is 2.71. The lowest BCUT2D eigenvalue weighted by molar-refractivity contribution is -0.384. The standard InChI is InChI=1S/C19H19NO6S/c1-25-18(21)17(19(22)26-2)27(13-12-14-6-4-3-5-7-14)16-10-8-15(9-11-16)20(23)24/h3-11H,12-13H2,1-2H3. The van der Waals surface area contributed by atoms with E-state index >= 15 is 0 Å². The Morgan fingerprint density at radius 3 is 2.00 bits per heavy atom. The molecule has 0 saturated heterocycles. The van der Waals surface area contributed by atoms with E-state index in [9.17, 15) is 19.7 Å². The summed E-state index contributed by atoms with van der Waals surface area (Å²) >= 11 is 0. The molecule has 27 heavy (non-hydrogen) atoms. The van der Waals surface area contributed by atoms with Crippen molar-refractivity contribution in [2.45, 2.75) is 11.3 Å². The number of carbonyl (C=O) groups is 2. The second kappa shape index (κ2) is 9.63. The molecule has 0 amide bonds. The van der Waals surface area contributed by atoms with Gasteiger partial charge < -0.3 is 9.47 Å². The monoisotopic (exact) mass is 389 g/mol. The van der Waals surface area contributed by atoms with Gasteiger partial charge in [0.25, 0.3) is 5.69 Å². The number of ether oxygens (including phenoxy) is 2. The van der Waals surface area contributed by atoms with Gasteiger partial charge in [-0.1, -0.05) is 30.3 Å². The highest BCUT2D eigenvalue weighted by atomic mass is 32.2. The second-order valence-electron chi connectivity index (χ2n) is 5.39. The van der Waals surface area contributed by atoms with Crippen molar-refractivity contribution in [2.24, 2.45) is 0 Å². The third kappa shape index (κ3) is 5.24. The van der Waals surface area contributed by atoms with Crippen LogP contribution >= 0.6 is 10.5 Å². The van der Waals surface area contributed by atoms with E-state index in [0.717, 1.165) is 5.56 Å². The van der Waals surface area contributed by atoms with Gasteiger partial charge in [-0.05, 0) is 29.9 Å². The summed E-state index contributed by atoms with van der Waals surface area (Å²) in [6, 6.07) is 15.4. The first-order chi connectivity index (χ1) is 13.0. The minimum absolute atomic E-state index is 0.0666. The zero-order valence-electron chi connectivity index (χ0n) is 14.9. The molecule has 0 aromatic heterocycles. The Morgan fingerprint density at radius 1 is 0.963 bits per heavy atom. The summed E-state index contributed by atoms with van der Waals surface area (Å²) in [5.74, 6) is -1.07. The number of nitro benzene ring substituents is 1. The molecule has 0 spiro atoms. The number of non-ortho nitro benzene ring substituents is 1.